The average Bonchev–Trinajstić information content (AvgIpc) is 3.21. The summed E-state index contributed by atoms with van der Waals surface area (Å²) in [5, 5.41) is 2.15. The van der Waals surface area contributed by atoms with E-state index in [4.69, 9.17) is 0 Å². The summed E-state index contributed by atoms with van der Waals surface area (Å²) in [6.45, 7) is 3.09. The van der Waals surface area contributed by atoms with Gasteiger partial charge in [0.05, 0.1) is 10.6 Å². The second-order valence-electron chi connectivity index (χ2n) is 8.47. The van der Waals surface area contributed by atoms with Gasteiger partial charge in [0.1, 0.15) is 23.9 Å². The fraction of sp³-hybridized carbons (Fsp3) is 0.231. The minimum Gasteiger partial charge on any atom is -0.330 e. The molecule has 3 aromatic rings. The Labute approximate surface area is 208 Å². The first-order chi connectivity index (χ1) is 17.1. The van der Waals surface area contributed by atoms with Crippen molar-refractivity contribution in [1.82, 2.24) is 4.90 Å². The van der Waals surface area contributed by atoms with Gasteiger partial charge in [0.15, 0.2) is 0 Å². The van der Waals surface area contributed by atoms with E-state index in [1.165, 1.54) is 34.6 Å². The van der Waals surface area contributed by atoms with E-state index < -0.39 is 45.7 Å². The normalized spacial score (nSPS) is 14.9. The van der Waals surface area contributed by atoms with Gasteiger partial charge < -0.3 is 10.2 Å². The number of carbonyl (C=O) groups excluding carboxylic acids is 2. The fourth-order valence-corrected chi connectivity index (χ4v) is 6.02. The Kier molecular flexibility index (Phi) is 7.07. The molecule has 4 rings (SSSR count). The van der Waals surface area contributed by atoms with Crippen LogP contribution in [-0.2, 0) is 21.2 Å². The van der Waals surface area contributed by atoms with E-state index in [1.807, 2.05) is 19.1 Å². The first-order valence-electron chi connectivity index (χ1n) is 11.4. The zero-order valence-corrected chi connectivity index (χ0v) is 20.6. The Morgan fingerprint density at radius 3 is 2.39 bits per heavy atom. The third kappa shape index (κ3) is 4.81. The lowest BCUT2D eigenvalue weighted by Gasteiger charge is -2.25. The maximum absolute atomic E-state index is 13.9. The summed E-state index contributed by atoms with van der Waals surface area (Å²) in [4.78, 5) is 26.7. The number of likely N-dealkylation sites (N-methyl/N-ethyl adjacent to an activating group) is 1. The van der Waals surface area contributed by atoms with Crippen LogP contribution in [0.25, 0.3) is 0 Å². The first-order valence-corrected chi connectivity index (χ1v) is 12.8. The zero-order chi connectivity index (χ0) is 26.0. The number of nitrogens with zero attached hydrogens (tertiary/aromatic N) is 2. The van der Waals surface area contributed by atoms with Crippen LogP contribution in [-0.4, -0.2) is 44.3 Å². The Hall–Kier alpha value is -3.79. The molecule has 1 atom stereocenters. The third-order valence-electron chi connectivity index (χ3n) is 6.01. The third-order valence-corrected chi connectivity index (χ3v) is 7.94. The monoisotopic (exact) mass is 513 g/mol. The van der Waals surface area contributed by atoms with Crippen molar-refractivity contribution in [2.45, 2.75) is 31.2 Å². The first kappa shape index (κ1) is 25.3. The lowest BCUT2D eigenvalue weighted by atomic mass is 10.1. The van der Waals surface area contributed by atoms with Crippen LogP contribution < -0.4 is 9.62 Å². The van der Waals surface area contributed by atoms with E-state index >= 15 is 0 Å². The molecule has 0 unspecified atom stereocenters. The van der Waals surface area contributed by atoms with E-state index in [-0.39, 0.29) is 23.0 Å². The Morgan fingerprint density at radius 2 is 1.69 bits per heavy atom. The van der Waals surface area contributed by atoms with Crippen molar-refractivity contribution in [3.8, 4) is 0 Å². The number of nitrogens with one attached hydrogen (secondary N) is 1. The summed E-state index contributed by atoms with van der Waals surface area (Å²) in [6.07, 6.45) is 0.579. The Balaban J connectivity index is 1.55. The summed E-state index contributed by atoms with van der Waals surface area (Å²) in [5.74, 6) is -3.25. The molecule has 3 aromatic carbocycles. The summed E-state index contributed by atoms with van der Waals surface area (Å²) >= 11 is 0. The highest BCUT2D eigenvalue weighted by molar-refractivity contribution is 7.92. The number of fused-ring (bicyclic) bond motifs is 1. The molecule has 0 spiro atoms. The summed E-state index contributed by atoms with van der Waals surface area (Å²) in [5.41, 5.74) is 1.01. The van der Waals surface area contributed by atoms with Crippen molar-refractivity contribution in [2.24, 2.45) is 0 Å². The molecule has 1 heterocycles. The number of hydrogen-bond donors (Lipinski definition) is 1. The van der Waals surface area contributed by atoms with Crippen LogP contribution in [0.2, 0.25) is 0 Å². The molecule has 0 saturated heterocycles. The van der Waals surface area contributed by atoms with E-state index in [0.29, 0.717) is 12.1 Å². The van der Waals surface area contributed by atoms with E-state index in [1.54, 1.807) is 19.1 Å². The number of hydrogen-bond acceptors (Lipinski definition) is 4. The van der Waals surface area contributed by atoms with Gasteiger partial charge in [0.25, 0.3) is 15.9 Å². The number of rotatable bonds is 7. The van der Waals surface area contributed by atoms with Gasteiger partial charge in [-0.3, -0.25) is 13.9 Å². The second kappa shape index (κ2) is 10.1. The quantitative estimate of drug-likeness (QED) is 0.513. The molecule has 0 aliphatic carbocycles. The van der Waals surface area contributed by atoms with Gasteiger partial charge in [-0.15, -0.1) is 0 Å². The Morgan fingerprint density at radius 1 is 1.03 bits per heavy atom. The van der Waals surface area contributed by atoms with Gasteiger partial charge >= 0.3 is 0 Å². The maximum Gasteiger partial charge on any atom is 0.264 e. The Bertz CT molecular complexity index is 1410. The maximum atomic E-state index is 13.9. The topological polar surface area (TPSA) is 86.8 Å². The molecule has 1 N–H and O–H groups in total. The minimum atomic E-state index is -3.96. The summed E-state index contributed by atoms with van der Waals surface area (Å²) in [7, 11) is -3.96. The largest absolute Gasteiger partial charge is 0.330 e. The van der Waals surface area contributed by atoms with Crippen LogP contribution in [0.4, 0.5) is 20.2 Å². The lowest BCUT2D eigenvalue weighted by molar-refractivity contribution is -0.116. The van der Waals surface area contributed by atoms with E-state index in [2.05, 4.69) is 5.32 Å². The number of anilines is 2. The zero-order valence-electron chi connectivity index (χ0n) is 19.7. The molecule has 36 heavy (non-hydrogen) atoms. The van der Waals surface area contributed by atoms with Gasteiger partial charge in [0.2, 0.25) is 5.91 Å². The highest BCUT2D eigenvalue weighted by atomic mass is 32.2. The minimum absolute atomic E-state index is 0.0502. The molecular weight excluding hydrogens is 488 g/mol. The van der Waals surface area contributed by atoms with Gasteiger partial charge in [-0.05, 0) is 62.2 Å². The van der Waals surface area contributed by atoms with Crippen molar-refractivity contribution in [1.29, 1.82) is 0 Å². The van der Waals surface area contributed by atoms with Crippen molar-refractivity contribution in [3.63, 3.8) is 0 Å². The van der Waals surface area contributed by atoms with Crippen molar-refractivity contribution in [3.05, 3.63) is 89.5 Å². The molecule has 188 valence electrons. The van der Waals surface area contributed by atoms with Crippen molar-refractivity contribution < 1.29 is 26.8 Å². The van der Waals surface area contributed by atoms with Gasteiger partial charge in [-0.2, -0.15) is 0 Å². The molecule has 1 aliphatic heterocycles. The number of para-hydroxylation sites is 2. The molecule has 0 aromatic heterocycles. The summed E-state index contributed by atoms with van der Waals surface area (Å²) in [6, 6.07) is 15.8. The molecule has 0 fully saturated rings. The predicted molar refractivity (Wildman–Crippen MR) is 132 cm³/mol. The predicted octanol–water partition coefficient (Wildman–Crippen LogP) is 4.21. The van der Waals surface area contributed by atoms with Crippen LogP contribution in [0, 0.1) is 11.6 Å². The number of sulfonamides is 1. The van der Waals surface area contributed by atoms with Crippen LogP contribution >= 0.6 is 0 Å². The molecule has 0 saturated carbocycles. The van der Waals surface area contributed by atoms with Crippen LogP contribution in [0.1, 0.15) is 29.8 Å². The standard InChI is InChI=1S/C26H25F2N3O4S/c1-3-30(16-24(32)29-25-21(27)11-7-12-22(25)28)26(33)19-9-6-10-20(15-19)36(34,35)31-17(2)14-18-8-4-5-13-23(18)31/h4-13,15,17H,3,14,16H2,1-2H3,(H,29,32)/t17-/m0/s1. The second-order valence-corrected chi connectivity index (χ2v) is 10.3. The van der Waals surface area contributed by atoms with Gasteiger partial charge in [0, 0.05) is 18.2 Å². The lowest BCUT2D eigenvalue weighted by Crippen LogP contribution is -2.38. The highest BCUT2D eigenvalue weighted by Gasteiger charge is 2.36. The fourth-order valence-electron chi connectivity index (χ4n) is 4.29. The van der Waals surface area contributed by atoms with E-state index in [9.17, 15) is 26.8 Å². The smallest absolute Gasteiger partial charge is 0.264 e. The molecular formula is C26H25F2N3O4S. The highest BCUT2D eigenvalue weighted by Crippen LogP contribution is 2.36. The molecule has 2 amide bonds. The van der Waals surface area contributed by atoms with Crippen LogP contribution in [0.3, 0.4) is 0 Å². The summed E-state index contributed by atoms with van der Waals surface area (Å²) < 4.78 is 56.1. The molecule has 10 heteroatoms. The number of carbonyl (C=O) groups is 2. The molecule has 0 radical (unpaired) electrons. The van der Waals surface area contributed by atoms with Crippen molar-refractivity contribution in [2.75, 3.05) is 22.7 Å². The van der Waals surface area contributed by atoms with Crippen LogP contribution in [0.5, 0.6) is 0 Å². The van der Waals surface area contributed by atoms with Gasteiger partial charge in [-0.1, -0.05) is 30.3 Å². The number of amides is 2. The van der Waals surface area contributed by atoms with Crippen LogP contribution in [0.15, 0.2) is 71.6 Å². The SMILES string of the molecule is CCN(CC(=O)Nc1c(F)cccc1F)C(=O)c1cccc(S(=O)(=O)N2c3ccccc3C[C@@H]2C)c1. The van der Waals surface area contributed by atoms with Crippen molar-refractivity contribution >= 4 is 33.2 Å². The molecule has 7 nitrogen and oxygen atoms in total. The average molecular weight is 514 g/mol. The number of halogens is 2. The number of benzene rings is 3. The molecule has 0 bridgehead atoms. The molecule has 1 aliphatic rings. The van der Waals surface area contributed by atoms with Gasteiger partial charge in [-0.25, -0.2) is 17.2 Å². The van der Waals surface area contributed by atoms with E-state index in [0.717, 1.165) is 22.6 Å².